The Labute approximate surface area is 164 Å². The number of rotatable bonds is 6. The zero-order valence-corrected chi connectivity index (χ0v) is 16.3. The summed E-state index contributed by atoms with van der Waals surface area (Å²) in [7, 11) is 3.28. The van der Waals surface area contributed by atoms with E-state index in [1.807, 2.05) is 34.0 Å². The number of fused-ring (bicyclic) bond motifs is 3. The molecule has 0 saturated heterocycles. The van der Waals surface area contributed by atoms with Crippen LogP contribution in [0, 0.1) is 0 Å². The molecule has 0 spiro atoms. The van der Waals surface area contributed by atoms with Crippen molar-refractivity contribution in [1.82, 2.24) is 19.2 Å². The van der Waals surface area contributed by atoms with Gasteiger partial charge in [-0.2, -0.15) is 0 Å². The quantitative estimate of drug-likeness (QED) is 0.540. The van der Waals surface area contributed by atoms with Crippen LogP contribution in [0.1, 0.15) is 18.7 Å². The lowest BCUT2D eigenvalue weighted by Gasteiger charge is -2.07. The van der Waals surface area contributed by atoms with E-state index in [1.54, 1.807) is 20.2 Å². The van der Waals surface area contributed by atoms with E-state index in [4.69, 9.17) is 4.74 Å². The summed E-state index contributed by atoms with van der Waals surface area (Å²) in [5.41, 5.74) is 1.44. The average Bonchev–Trinajstić information content (AvgIpc) is 3.33. The lowest BCUT2D eigenvalue weighted by Crippen LogP contribution is -2.19. The van der Waals surface area contributed by atoms with Crippen LogP contribution in [0.5, 0.6) is 5.75 Å². The summed E-state index contributed by atoms with van der Waals surface area (Å²) < 4.78 is 9.24. The van der Waals surface area contributed by atoms with Crippen molar-refractivity contribution < 1.29 is 9.53 Å². The smallest absolute Gasteiger partial charge is 0.272 e. The molecule has 0 unspecified atom stereocenters. The fourth-order valence-corrected chi connectivity index (χ4v) is 4.00. The van der Waals surface area contributed by atoms with Gasteiger partial charge >= 0.3 is 0 Å². The highest BCUT2D eigenvalue weighted by Crippen LogP contribution is 2.20. The highest BCUT2D eigenvalue weighted by atomic mass is 32.1. The van der Waals surface area contributed by atoms with Crippen LogP contribution in [-0.2, 0) is 18.3 Å². The molecular weight excluding hydrogens is 378 g/mol. The lowest BCUT2D eigenvalue weighted by atomic mass is 10.2. The van der Waals surface area contributed by atoms with Gasteiger partial charge in [-0.25, -0.2) is 0 Å². The highest BCUT2D eigenvalue weighted by molar-refractivity contribution is 7.17. The first kappa shape index (κ1) is 18.2. The first-order valence-corrected chi connectivity index (χ1v) is 9.70. The van der Waals surface area contributed by atoms with Gasteiger partial charge in [-0.15, -0.1) is 21.5 Å². The van der Waals surface area contributed by atoms with E-state index in [0.717, 1.165) is 11.3 Å². The number of carbonyl (C=O) groups excluding carboxylic acids is 1. The second kappa shape index (κ2) is 7.43. The van der Waals surface area contributed by atoms with Gasteiger partial charge in [0.2, 0.25) is 11.7 Å². The number of nitrogens with one attached hydrogen (secondary N) is 1. The van der Waals surface area contributed by atoms with Gasteiger partial charge in [0, 0.05) is 31.6 Å². The normalized spacial score (nSPS) is 11.2. The van der Waals surface area contributed by atoms with Crippen LogP contribution in [-0.4, -0.2) is 32.2 Å². The van der Waals surface area contributed by atoms with Gasteiger partial charge in [-0.05, 0) is 30.0 Å². The molecule has 4 rings (SSSR count). The largest absolute Gasteiger partial charge is 0.497 e. The summed E-state index contributed by atoms with van der Waals surface area (Å²) in [6, 6.07) is 9.15. The molecular formula is C19H19N5O3S. The molecule has 3 aromatic heterocycles. The third-order valence-electron chi connectivity index (χ3n) is 4.55. The number of benzene rings is 1. The van der Waals surface area contributed by atoms with Crippen molar-refractivity contribution in [2.24, 2.45) is 7.05 Å². The molecule has 28 heavy (non-hydrogen) atoms. The topological polar surface area (TPSA) is 90.5 Å². The monoisotopic (exact) mass is 397 g/mol. The number of amides is 1. The minimum Gasteiger partial charge on any atom is -0.497 e. The number of hydrogen-bond donors (Lipinski definition) is 1. The van der Waals surface area contributed by atoms with Crippen LogP contribution < -0.4 is 15.6 Å². The molecule has 4 aromatic rings. The summed E-state index contributed by atoms with van der Waals surface area (Å²) in [4.78, 5) is 24.6. The Bertz CT molecular complexity index is 1220. The van der Waals surface area contributed by atoms with Crippen molar-refractivity contribution in [3.8, 4) is 5.75 Å². The molecule has 1 N–H and O–H groups in total. The third-order valence-corrected chi connectivity index (χ3v) is 5.45. The molecule has 1 aromatic carbocycles. The van der Waals surface area contributed by atoms with Crippen LogP contribution in [0.25, 0.3) is 16.0 Å². The van der Waals surface area contributed by atoms with E-state index in [1.165, 1.54) is 15.9 Å². The average molecular weight is 397 g/mol. The first-order chi connectivity index (χ1) is 13.6. The molecule has 1 amide bonds. The zero-order valence-electron chi connectivity index (χ0n) is 15.5. The lowest BCUT2D eigenvalue weighted by molar-refractivity contribution is -0.116. The Kier molecular flexibility index (Phi) is 4.82. The minimum atomic E-state index is -0.0749. The van der Waals surface area contributed by atoms with Crippen LogP contribution in [0.2, 0.25) is 0 Å². The number of nitrogens with zero attached hydrogens (tertiary/aromatic N) is 4. The fourth-order valence-electron chi connectivity index (χ4n) is 3.15. The summed E-state index contributed by atoms with van der Waals surface area (Å²) in [5.74, 6) is 1.86. The molecule has 0 aliphatic carbocycles. The number of carbonyl (C=O) groups is 1. The molecule has 0 atom stereocenters. The van der Waals surface area contributed by atoms with Crippen LogP contribution >= 0.6 is 11.3 Å². The molecule has 8 nitrogen and oxygen atoms in total. The summed E-state index contributed by atoms with van der Waals surface area (Å²) in [6.07, 6.45) is 1.55. The second-order valence-electron chi connectivity index (χ2n) is 6.38. The van der Waals surface area contributed by atoms with Gasteiger partial charge < -0.3 is 10.1 Å². The maximum absolute atomic E-state index is 12.4. The number of ether oxygens (including phenoxy) is 1. The van der Waals surface area contributed by atoms with Crippen LogP contribution in [0.3, 0.4) is 0 Å². The summed E-state index contributed by atoms with van der Waals surface area (Å²) in [5, 5.41) is 13.2. The van der Waals surface area contributed by atoms with Crippen molar-refractivity contribution in [3.05, 3.63) is 51.9 Å². The predicted octanol–water partition coefficient (Wildman–Crippen LogP) is 2.61. The van der Waals surface area contributed by atoms with Crippen molar-refractivity contribution in [3.63, 3.8) is 0 Å². The Balaban J connectivity index is 1.47. The molecule has 3 heterocycles. The summed E-state index contributed by atoms with van der Waals surface area (Å²) >= 11 is 1.40. The molecule has 0 aliphatic heterocycles. The molecule has 0 radical (unpaired) electrons. The first-order valence-electron chi connectivity index (χ1n) is 8.82. The zero-order chi connectivity index (χ0) is 19.7. The molecule has 0 aliphatic rings. The Morgan fingerprint density at radius 1 is 1.29 bits per heavy atom. The molecule has 9 heteroatoms. The van der Waals surface area contributed by atoms with Gasteiger partial charge in [0.15, 0.2) is 0 Å². The van der Waals surface area contributed by atoms with E-state index in [2.05, 4.69) is 15.5 Å². The van der Waals surface area contributed by atoms with Gasteiger partial charge in [0.05, 0.1) is 12.6 Å². The Morgan fingerprint density at radius 3 is 2.96 bits per heavy atom. The van der Waals surface area contributed by atoms with Gasteiger partial charge in [-0.1, -0.05) is 6.07 Å². The predicted molar refractivity (Wildman–Crippen MR) is 108 cm³/mol. The minimum absolute atomic E-state index is 0.0739. The number of methoxy groups -OCH3 is 1. The van der Waals surface area contributed by atoms with E-state index >= 15 is 0 Å². The number of hydrogen-bond acceptors (Lipinski definition) is 6. The van der Waals surface area contributed by atoms with E-state index in [-0.39, 0.29) is 11.5 Å². The van der Waals surface area contributed by atoms with Crippen molar-refractivity contribution in [2.45, 2.75) is 19.3 Å². The second-order valence-corrected chi connectivity index (χ2v) is 7.30. The standard InChI is InChI=1S/C19H19N5O3S/c1-23-18(26)17-14(9-10-28-17)24-15(21-22-19(23)24)7-4-8-16(25)20-12-5-3-6-13(11-12)27-2/h3,5-6,9-11H,4,7-8H2,1-2H3,(H,20,25). The maximum Gasteiger partial charge on any atom is 0.272 e. The Morgan fingerprint density at radius 2 is 2.14 bits per heavy atom. The van der Waals surface area contributed by atoms with Gasteiger partial charge in [0.25, 0.3) is 5.56 Å². The van der Waals surface area contributed by atoms with Gasteiger partial charge in [0.1, 0.15) is 16.3 Å². The van der Waals surface area contributed by atoms with Crippen molar-refractivity contribution in [2.75, 3.05) is 12.4 Å². The number of aromatic nitrogens is 4. The number of thiophene rings is 1. The van der Waals surface area contributed by atoms with Crippen molar-refractivity contribution >= 4 is 38.9 Å². The van der Waals surface area contributed by atoms with Crippen LogP contribution in [0.4, 0.5) is 5.69 Å². The van der Waals surface area contributed by atoms with Crippen LogP contribution in [0.15, 0.2) is 40.5 Å². The summed E-state index contributed by atoms with van der Waals surface area (Å²) in [6.45, 7) is 0. The maximum atomic E-state index is 12.4. The molecule has 0 bridgehead atoms. The Hall–Kier alpha value is -3.20. The SMILES string of the molecule is COc1cccc(NC(=O)CCCc2nnc3n(C)c(=O)c4sccc4n23)c1. The fraction of sp³-hybridized carbons (Fsp3) is 0.263. The van der Waals surface area contributed by atoms with Gasteiger partial charge in [-0.3, -0.25) is 18.6 Å². The van der Waals surface area contributed by atoms with E-state index in [0.29, 0.717) is 41.2 Å². The molecule has 0 fully saturated rings. The molecule has 0 saturated carbocycles. The number of aryl methyl sites for hydroxylation is 2. The van der Waals surface area contributed by atoms with E-state index < -0.39 is 0 Å². The highest BCUT2D eigenvalue weighted by Gasteiger charge is 2.15. The molecule has 144 valence electrons. The third kappa shape index (κ3) is 3.24. The number of anilines is 1. The van der Waals surface area contributed by atoms with Crippen molar-refractivity contribution in [1.29, 1.82) is 0 Å². The van der Waals surface area contributed by atoms with E-state index in [9.17, 15) is 9.59 Å².